The van der Waals surface area contributed by atoms with Gasteiger partial charge in [-0.3, -0.25) is 9.11 Å². The van der Waals surface area contributed by atoms with Crippen LogP contribution in [0.5, 0.6) is 0 Å². The van der Waals surface area contributed by atoms with E-state index in [1.807, 2.05) is 0 Å². The zero-order valence-electron chi connectivity index (χ0n) is 20.9. The Balaban J connectivity index is 1.71. The monoisotopic (exact) mass is 552 g/mol. The molecule has 0 aliphatic carbocycles. The van der Waals surface area contributed by atoms with Crippen LogP contribution >= 0.6 is 0 Å². The second-order valence-corrected chi connectivity index (χ2v) is 11.6. The highest BCUT2D eigenvalue weighted by atomic mass is 32.2. The van der Waals surface area contributed by atoms with Crippen LogP contribution in [0.2, 0.25) is 0 Å². The summed E-state index contributed by atoms with van der Waals surface area (Å²) in [6.07, 6.45) is 0. The lowest BCUT2D eigenvalue weighted by atomic mass is 10.0. The first-order valence-corrected chi connectivity index (χ1v) is 14.2. The van der Waals surface area contributed by atoms with Crippen molar-refractivity contribution in [3.63, 3.8) is 0 Å². The largest absolute Gasteiger partial charge is 0.296 e. The minimum atomic E-state index is -4.47. The maximum atomic E-state index is 11.9. The maximum absolute atomic E-state index is 11.9. The second-order valence-electron chi connectivity index (χ2n) is 8.83. The lowest BCUT2D eigenvalue weighted by Crippen LogP contribution is -2.00. The Labute approximate surface area is 220 Å². The molecule has 0 amide bonds. The summed E-state index contributed by atoms with van der Waals surface area (Å²) in [6, 6.07) is 15.8. The first-order valence-electron chi connectivity index (χ1n) is 11.3. The molecule has 0 spiro atoms. The van der Waals surface area contributed by atoms with Gasteiger partial charge in [-0.25, -0.2) is 0 Å². The van der Waals surface area contributed by atoms with Crippen molar-refractivity contribution in [1.82, 2.24) is 0 Å². The molecule has 0 atom stereocenters. The molecule has 0 saturated carbocycles. The van der Waals surface area contributed by atoms with Gasteiger partial charge in [0.05, 0.1) is 17.1 Å². The first-order chi connectivity index (χ1) is 17.8. The minimum absolute atomic E-state index is 0.0174. The van der Waals surface area contributed by atoms with Crippen molar-refractivity contribution in [1.29, 1.82) is 0 Å². The molecule has 10 nitrogen and oxygen atoms in total. The molecule has 12 heteroatoms. The number of nitrogens with zero attached hydrogens (tertiary/aromatic N) is 4. The molecule has 38 heavy (non-hydrogen) atoms. The van der Waals surface area contributed by atoms with Crippen molar-refractivity contribution in [2.75, 3.05) is 0 Å². The average Bonchev–Trinajstić information content (AvgIpc) is 2.83. The molecule has 0 bridgehead atoms. The molecular formula is C26H24N4O6S2. The molecule has 0 heterocycles. The molecule has 196 valence electrons. The van der Waals surface area contributed by atoms with Gasteiger partial charge in [-0.05, 0) is 86.3 Å². The van der Waals surface area contributed by atoms with E-state index in [-0.39, 0.29) is 15.5 Å². The Morgan fingerprint density at radius 2 is 1.11 bits per heavy atom. The van der Waals surface area contributed by atoms with E-state index in [1.165, 1.54) is 24.3 Å². The Bertz CT molecular complexity index is 1860. The van der Waals surface area contributed by atoms with Crippen LogP contribution in [0.1, 0.15) is 22.3 Å². The molecule has 4 aromatic rings. The van der Waals surface area contributed by atoms with Crippen molar-refractivity contribution < 1.29 is 25.9 Å². The fourth-order valence-corrected chi connectivity index (χ4v) is 5.35. The first kappa shape index (κ1) is 27.2. The Morgan fingerprint density at radius 1 is 0.553 bits per heavy atom. The van der Waals surface area contributed by atoms with Gasteiger partial charge in [0.15, 0.2) is 0 Å². The fraction of sp³-hybridized carbons (Fsp3) is 0.154. The summed E-state index contributed by atoms with van der Waals surface area (Å²) in [5.74, 6) is 0. The van der Waals surface area contributed by atoms with Gasteiger partial charge in [0.2, 0.25) is 0 Å². The Morgan fingerprint density at radius 3 is 1.68 bits per heavy atom. The van der Waals surface area contributed by atoms with Crippen molar-refractivity contribution in [3.05, 3.63) is 82.9 Å². The van der Waals surface area contributed by atoms with Crippen molar-refractivity contribution in [2.24, 2.45) is 20.5 Å². The average molecular weight is 553 g/mol. The zero-order valence-corrected chi connectivity index (χ0v) is 22.5. The van der Waals surface area contributed by atoms with E-state index in [1.54, 1.807) is 64.1 Å². The van der Waals surface area contributed by atoms with Gasteiger partial charge < -0.3 is 0 Å². The van der Waals surface area contributed by atoms with Crippen LogP contribution in [-0.2, 0) is 20.2 Å². The van der Waals surface area contributed by atoms with E-state index >= 15 is 0 Å². The number of hydrogen-bond donors (Lipinski definition) is 2. The van der Waals surface area contributed by atoms with Crippen molar-refractivity contribution in [3.8, 4) is 0 Å². The van der Waals surface area contributed by atoms with Gasteiger partial charge in [-0.15, -0.1) is 10.2 Å². The van der Waals surface area contributed by atoms with Crippen LogP contribution in [0.25, 0.3) is 10.8 Å². The van der Waals surface area contributed by atoms with Gasteiger partial charge >= 0.3 is 0 Å². The van der Waals surface area contributed by atoms with E-state index in [2.05, 4.69) is 20.5 Å². The summed E-state index contributed by atoms with van der Waals surface area (Å²) in [5.41, 5.74) is 4.28. The predicted molar refractivity (Wildman–Crippen MR) is 144 cm³/mol. The number of fused-ring (bicyclic) bond motifs is 1. The Kier molecular flexibility index (Phi) is 7.26. The molecule has 0 saturated heterocycles. The minimum Gasteiger partial charge on any atom is -0.282 e. The van der Waals surface area contributed by atoms with Gasteiger partial charge in [-0.1, -0.05) is 24.3 Å². The summed E-state index contributed by atoms with van der Waals surface area (Å²) in [7, 11) is -8.90. The lowest BCUT2D eigenvalue weighted by molar-refractivity contribution is 0.481. The summed E-state index contributed by atoms with van der Waals surface area (Å²) in [4.78, 5) is -0.536. The van der Waals surface area contributed by atoms with E-state index in [9.17, 15) is 25.9 Å². The smallest absolute Gasteiger partial charge is 0.282 e. The van der Waals surface area contributed by atoms with Gasteiger partial charge in [0, 0.05) is 10.8 Å². The lowest BCUT2D eigenvalue weighted by Gasteiger charge is -2.09. The second kappa shape index (κ2) is 10.1. The molecule has 0 aliphatic heterocycles. The van der Waals surface area contributed by atoms with Gasteiger partial charge in [-0.2, -0.15) is 27.1 Å². The SMILES string of the molecule is Cc1ccc(S(=O)(=O)O)c(N=Nc2cc(C)c(N=Nc3ccc(C)c4c(S(=O)(=O)O)cccc34)cc2C)c1. The molecule has 4 rings (SSSR count). The molecule has 0 radical (unpaired) electrons. The summed E-state index contributed by atoms with van der Waals surface area (Å²) in [6.45, 7) is 7.09. The zero-order chi connectivity index (χ0) is 27.8. The van der Waals surface area contributed by atoms with Crippen molar-refractivity contribution in [2.45, 2.75) is 37.5 Å². The molecule has 2 N–H and O–H groups in total. The summed E-state index contributed by atoms with van der Waals surface area (Å²) >= 11 is 0. The third-order valence-corrected chi connectivity index (χ3v) is 7.70. The highest BCUT2D eigenvalue weighted by molar-refractivity contribution is 7.86. The quantitative estimate of drug-likeness (QED) is 0.187. The van der Waals surface area contributed by atoms with E-state index < -0.39 is 20.2 Å². The molecule has 4 aromatic carbocycles. The molecular weight excluding hydrogens is 528 g/mol. The summed E-state index contributed by atoms with van der Waals surface area (Å²) in [5, 5.41) is 17.8. The van der Waals surface area contributed by atoms with E-state index in [0.29, 0.717) is 44.5 Å². The number of aryl methyl sites for hydroxylation is 4. The van der Waals surface area contributed by atoms with Crippen LogP contribution in [0.3, 0.4) is 0 Å². The topological polar surface area (TPSA) is 158 Å². The summed E-state index contributed by atoms with van der Waals surface area (Å²) < 4.78 is 66.3. The Hall–Kier alpha value is -3.84. The predicted octanol–water partition coefficient (Wildman–Crippen LogP) is 7.40. The molecule has 0 aliphatic rings. The normalized spacial score (nSPS) is 12.7. The third kappa shape index (κ3) is 5.68. The molecule has 0 unspecified atom stereocenters. The van der Waals surface area contributed by atoms with Crippen LogP contribution in [0, 0.1) is 27.7 Å². The van der Waals surface area contributed by atoms with Crippen LogP contribution in [0.4, 0.5) is 22.7 Å². The number of benzene rings is 4. The van der Waals surface area contributed by atoms with E-state index in [0.717, 1.165) is 5.56 Å². The van der Waals surface area contributed by atoms with Gasteiger partial charge in [0.1, 0.15) is 15.5 Å². The van der Waals surface area contributed by atoms with Crippen molar-refractivity contribution >= 4 is 53.8 Å². The molecule has 0 aromatic heterocycles. The number of hydrogen-bond acceptors (Lipinski definition) is 8. The van der Waals surface area contributed by atoms with Crippen LogP contribution < -0.4 is 0 Å². The fourth-order valence-electron chi connectivity index (χ4n) is 3.97. The van der Waals surface area contributed by atoms with Crippen LogP contribution in [-0.4, -0.2) is 25.9 Å². The van der Waals surface area contributed by atoms with Gasteiger partial charge in [0.25, 0.3) is 20.2 Å². The van der Waals surface area contributed by atoms with Crippen LogP contribution in [0.15, 0.2) is 90.9 Å². The van der Waals surface area contributed by atoms with E-state index in [4.69, 9.17) is 0 Å². The highest BCUT2D eigenvalue weighted by Gasteiger charge is 2.18. The third-order valence-electron chi connectivity index (χ3n) is 5.90. The number of rotatable bonds is 6. The standard InChI is InChI=1S/C26H24N4O6S2/c1-15-8-11-24(37(31,32)33)23(12-15)30-29-22-14-17(3)21(13-18(22)4)28-27-20-10-9-16(2)26-19(20)6-5-7-25(26)38(34,35)36/h5-14H,1-4H3,(H,31,32,33)(H,34,35,36). The highest BCUT2D eigenvalue weighted by Crippen LogP contribution is 2.36. The molecule has 0 fully saturated rings. The maximum Gasteiger partial charge on any atom is 0.296 e. The number of azo groups is 2.